The molecule has 0 unspecified atom stereocenters. The summed E-state index contributed by atoms with van der Waals surface area (Å²) >= 11 is 0. The quantitative estimate of drug-likeness (QED) is 0.731. The predicted octanol–water partition coefficient (Wildman–Crippen LogP) is 3.30. The molecule has 0 aromatic heterocycles. The summed E-state index contributed by atoms with van der Waals surface area (Å²) in [5.41, 5.74) is 1.06. The zero-order chi connectivity index (χ0) is 16.1. The first-order valence-corrected chi connectivity index (χ1v) is 10.1. The second-order valence-corrected chi connectivity index (χ2v) is 9.23. The third kappa shape index (κ3) is 3.52. The zero-order valence-corrected chi connectivity index (χ0v) is 14.1. The summed E-state index contributed by atoms with van der Waals surface area (Å²) in [6.45, 7) is 2.77. The van der Waals surface area contributed by atoms with Gasteiger partial charge < -0.3 is 9.53 Å². The van der Waals surface area contributed by atoms with Crippen LogP contribution in [0.15, 0.2) is 84.9 Å². The van der Waals surface area contributed by atoms with Crippen molar-refractivity contribution in [2.45, 2.75) is 13.2 Å². The fourth-order valence-electron chi connectivity index (χ4n) is 2.67. The minimum atomic E-state index is -2.26. The van der Waals surface area contributed by atoms with Gasteiger partial charge in [0.05, 0.1) is 6.61 Å². The highest BCUT2D eigenvalue weighted by Crippen LogP contribution is 2.14. The lowest BCUT2D eigenvalue weighted by molar-refractivity contribution is 0.307. The van der Waals surface area contributed by atoms with E-state index in [2.05, 4.69) is 55.1 Å². The average molecular weight is 320 g/mol. The second-order valence-electron chi connectivity index (χ2n) is 5.72. The van der Waals surface area contributed by atoms with Gasteiger partial charge in [-0.15, -0.1) is 0 Å². The summed E-state index contributed by atoms with van der Waals surface area (Å²) < 4.78 is 6.48. The lowest BCUT2D eigenvalue weighted by atomic mass is 10.2. The maximum Gasteiger partial charge on any atom is 0.253 e. The van der Waals surface area contributed by atoms with E-state index in [4.69, 9.17) is 4.43 Å². The molecule has 1 N–H and O–H groups in total. The lowest BCUT2D eigenvalue weighted by Crippen LogP contribution is -2.58. The van der Waals surface area contributed by atoms with Crippen LogP contribution in [0.25, 0.3) is 0 Å². The van der Waals surface area contributed by atoms with Crippen LogP contribution in [-0.2, 0) is 11.0 Å². The Morgan fingerprint density at radius 1 is 0.739 bits per heavy atom. The molecule has 0 aliphatic rings. The van der Waals surface area contributed by atoms with Crippen molar-refractivity contribution >= 4 is 18.7 Å². The minimum Gasteiger partial charge on any atom is -0.508 e. The van der Waals surface area contributed by atoms with Gasteiger partial charge in [0.2, 0.25) is 0 Å². The molecule has 0 bridgehead atoms. The predicted molar refractivity (Wildman–Crippen MR) is 96.7 cm³/mol. The van der Waals surface area contributed by atoms with Gasteiger partial charge in [-0.2, -0.15) is 0 Å². The Bertz CT molecular complexity index is 700. The van der Waals surface area contributed by atoms with Crippen LogP contribution in [0.1, 0.15) is 5.56 Å². The molecule has 0 saturated carbocycles. The van der Waals surface area contributed by atoms with Crippen LogP contribution >= 0.6 is 0 Å². The first-order chi connectivity index (χ1) is 11.2. The van der Waals surface area contributed by atoms with Crippen molar-refractivity contribution in [3.8, 4) is 5.75 Å². The molecule has 0 heterocycles. The number of phenolic OH excluding ortho intramolecular Hbond substituents is 1. The van der Waals surface area contributed by atoms with Crippen LogP contribution in [0.5, 0.6) is 5.75 Å². The van der Waals surface area contributed by atoms with Crippen LogP contribution in [0.3, 0.4) is 0 Å². The Morgan fingerprint density at radius 2 is 1.22 bits per heavy atom. The second kappa shape index (κ2) is 6.81. The molecule has 23 heavy (non-hydrogen) atoms. The average Bonchev–Trinajstić information content (AvgIpc) is 2.62. The zero-order valence-electron chi connectivity index (χ0n) is 13.1. The van der Waals surface area contributed by atoms with Crippen molar-refractivity contribution in [2.75, 3.05) is 0 Å². The number of hydrogen-bond donors (Lipinski definition) is 1. The molecule has 0 saturated heterocycles. The summed E-state index contributed by atoms with van der Waals surface area (Å²) in [4.78, 5) is 0. The van der Waals surface area contributed by atoms with Crippen molar-refractivity contribution in [1.29, 1.82) is 0 Å². The smallest absolute Gasteiger partial charge is 0.253 e. The molecular weight excluding hydrogens is 300 g/mol. The molecule has 0 aliphatic heterocycles. The lowest BCUT2D eigenvalue weighted by Gasteiger charge is -2.28. The van der Waals surface area contributed by atoms with Crippen molar-refractivity contribution in [3.05, 3.63) is 90.5 Å². The van der Waals surface area contributed by atoms with Crippen molar-refractivity contribution in [1.82, 2.24) is 0 Å². The molecule has 3 heteroatoms. The molecule has 116 valence electrons. The van der Waals surface area contributed by atoms with E-state index >= 15 is 0 Å². The van der Waals surface area contributed by atoms with Gasteiger partial charge in [-0.05, 0) is 34.6 Å². The van der Waals surface area contributed by atoms with Gasteiger partial charge in [-0.1, -0.05) is 72.8 Å². The van der Waals surface area contributed by atoms with E-state index in [-0.39, 0.29) is 5.75 Å². The van der Waals surface area contributed by atoms with Gasteiger partial charge in [0.15, 0.2) is 0 Å². The molecule has 0 atom stereocenters. The van der Waals surface area contributed by atoms with Gasteiger partial charge >= 0.3 is 0 Å². The van der Waals surface area contributed by atoms with Gasteiger partial charge in [0, 0.05) is 0 Å². The van der Waals surface area contributed by atoms with E-state index < -0.39 is 8.32 Å². The van der Waals surface area contributed by atoms with Crippen LogP contribution in [0.2, 0.25) is 6.55 Å². The number of aromatic hydroxyl groups is 1. The summed E-state index contributed by atoms with van der Waals surface area (Å²) in [7, 11) is -2.26. The van der Waals surface area contributed by atoms with E-state index in [9.17, 15) is 5.11 Å². The van der Waals surface area contributed by atoms with Crippen molar-refractivity contribution in [2.24, 2.45) is 0 Å². The number of phenols is 1. The van der Waals surface area contributed by atoms with Crippen LogP contribution < -0.4 is 10.4 Å². The Hall–Kier alpha value is -2.36. The monoisotopic (exact) mass is 320 g/mol. The van der Waals surface area contributed by atoms with E-state index in [1.54, 1.807) is 12.1 Å². The summed E-state index contributed by atoms with van der Waals surface area (Å²) in [5.74, 6) is 0.278. The molecule has 2 nitrogen and oxygen atoms in total. The molecule has 0 amide bonds. The number of rotatable bonds is 5. The van der Waals surface area contributed by atoms with Gasteiger partial charge in [0.1, 0.15) is 5.75 Å². The Labute approximate surface area is 138 Å². The Morgan fingerprint density at radius 3 is 1.70 bits per heavy atom. The van der Waals surface area contributed by atoms with Crippen molar-refractivity contribution < 1.29 is 9.53 Å². The topological polar surface area (TPSA) is 29.5 Å². The summed E-state index contributed by atoms with van der Waals surface area (Å²) in [6, 6.07) is 28.1. The molecule has 0 radical (unpaired) electrons. The third-order valence-corrected chi connectivity index (χ3v) is 7.70. The first kappa shape index (κ1) is 15.5. The van der Waals surface area contributed by atoms with Gasteiger partial charge in [0.25, 0.3) is 8.32 Å². The fourth-order valence-corrected chi connectivity index (χ4v) is 5.44. The van der Waals surface area contributed by atoms with E-state index in [0.29, 0.717) is 6.61 Å². The van der Waals surface area contributed by atoms with Crippen LogP contribution in [0, 0.1) is 0 Å². The molecular formula is C20H20O2Si. The highest BCUT2D eigenvalue weighted by molar-refractivity contribution is 6.96. The fraction of sp³-hybridized carbons (Fsp3) is 0.100. The van der Waals surface area contributed by atoms with E-state index in [1.807, 2.05) is 24.3 Å². The normalized spacial score (nSPS) is 11.3. The SMILES string of the molecule is C[Si](OCc1ccc(O)cc1)(c1ccccc1)c1ccccc1. The Kier molecular flexibility index (Phi) is 4.60. The molecule has 3 aromatic rings. The maximum atomic E-state index is 9.41. The minimum absolute atomic E-state index is 0.278. The standard InChI is InChI=1S/C20H20O2Si/c1-23(19-8-4-2-5-9-19,20-10-6-3-7-11-20)22-16-17-12-14-18(21)15-13-17/h2-15,21H,16H2,1H3. The van der Waals surface area contributed by atoms with Crippen LogP contribution in [-0.4, -0.2) is 13.4 Å². The van der Waals surface area contributed by atoms with Gasteiger partial charge in [-0.3, -0.25) is 0 Å². The molecule has 0 aliphatic carbocycles. The van der Waals surface area contributed by atoms with E-state index in [1.165, 1.54) is 10.4 Å². The van der Waals surface area contributed by atoms with Crippen LogP contribution in [0.4, 0.5) is 0 Å². The maximum absolute atomic E-state index is 9.41. The first-order valence-electron chi connectivity index (χ1n) is 7.71. The molecule has 3 rings (SSSR count). The van der Waals surface area contributed by atoms with E-state index in [0.717, 1.165) is 5.56 Å². The molecule has 0 spiro atoms. The number of hydrogen-bond acceptors (Lipinski definition) is 2. The highest BCUT2D eigenvalue weighted by Gasteiger charge is 2.33. The highest BCUT2D eigenvalue weighted by atomic mass is 28.4. The summed E-state index contributed by atoms with van der Waals surface area (Å²) in [6.07, 6.45) is 0. The largest absolute Gasteiger partial charge is 0.508 e. The molecule has 0 fully saturated rings. The summed E-state index contributed by atoms with van der Waals surface area (Å²) in [5, 5.41) is 11.9. The third-order valence-electron chi connectivity index (χ3n) is 4.11. The molecule has 3 aromatic carbocycles. The van der Waals surface area contributed by atoms with Gasteiger partial charge in [-0.25, -0.2) is 0 Å². The Balaban J connectivity index is 1.91. The number of benzene rings is 3. The van der Waals surface area contributed by atoms with Crippen molar-refractivity contribution in [3.63, 3.8) is 0 Å².